The monoisotopic (exact) mass is 368 g/mol. The van der Waals surface area contributed by atoms with Crippen molar-refractivity contribution in [3.63, 3.8) is 0 Å². The molecule has 0 saturated carbocycles. The van der Waals surface area contributed by atoms with Crippen LogP contribution in [0.1, 0.15) is 29.4 Å². The van der Waals surface area contributed by atoms with Crippen LogP contribution >= 0.6 is 0 Å². The first kappa shape index (κ1) is 18.6. The van der Waals surface area contributed by atoms with E-state index >= 15 is 0 Å². The summed E-state index contributed by atoms with van der Waals surface area (Å²) < 4.78 is 12.5. The summed E-state index contributed by atoms with van der Waals surface area (Å²) in [5.74, 6) is 1.35. The van der Waals surface area contributed by atoms with Crippen LogP contribution in [0.2, 0.25) is 0 Å². The van der Waals surface area contributed by atoms with Crippen LogP contribution in [0.25, 0.3) is 0 Å². The molecule has 2 aromatic heterocycles. The third-order valence-electron chi connectivity index (χ3n) is 4.54. The Morgan fingerprint density at radius 1 is 1.26 bits per heavy atom. The highest BCUT2D eigenvalue weighted by atomic mass is 16.5. The Kier molecular flexibility index (Phi) is 5.80. The number of carbonyl (C=O) groups excluding carboxylic acids is 1. The highest BCUT2D eigenvalue weighted by Crippen LogP contribution is 2.28. The van der Waals surface area contributed by atoms with Gasteiger partial charge in [0.1, 0.15) is 11.4 Å². The number of hydrogen-bond acceptors (Lipinski definition) is 4. The average molecular weight is 368 g/mol. The summed E-state index contributed by atoms with van der Waals surface area (Å²) >= 11 is 0. The van der Waals surface area contributed by atoms with Crippen molar-refractivity contribution in [3.8, 4) is 5.88 Å². The lowest BCUT2D eigenvalue weighted by Crippen LogP contribution is -2.30. The van der Waals surface area contributed by atoms with Crippen molar-refractivity contribution in [2.75, 3.05) is 19.0 Å². The molecule has 1 atom stereocenters. The lowest BCUT2D eigenvalue weighted by molar-refractivity contribution is 0.251. The molecule has 2 heterocycles. The van der Waals surface area contributed by atoms with Gasteiger partial charge in [-0.3, -0.25) is 4.68 Å². The second-order valence-electron chi connectivity index (χ2n) is 6.24. The van der Waals surface area contributed by atoms with Crippen molar-refractivity contribution in [2.24, 2.45) is 7.05 Å². The molecule has 0 bridgehead atoms. The number of rotatable bonds is 7. The van der Waals surface area contributed by atoms with E-state index in [9.17, 15) is 4.79 Å². The van der Waals surface area contributed by atoms with Crippen molar-refractivity contribution in [3.05, 3.63) is 65.7 Å². The van der Waals surface area contributed by atoms with Gasteiger partial charge < -0.3 is 19.8 Å². The fourth-order valence-corrected chi connectivity index (χ4v) is 3.00. The Balaban J connectivity index is 1.61. The summed E-state index contributed by atoms with van der Waals surface area (Å²) in [5, 5.41) is 9.92. The number of aromatic nitrogens is 2. The lowest BCUT2D eigenvalue weighted by Gasteiger charge is -2.16. The van der Waals surface area contributed by atoms with Crippen LogP contribution in [0.5, 0.6) is 5.88 Å². The molecule has 1 aromatic carbocycles. The lowest BCUT2D eigenvalue weighted by atomic mass is 9.93. The van der Waals surface area contributed by atoms with Crippen LogP contribution in [0.3, 0.4) is 0 Å². The number of furan rings is 1. The molecule has 0 aliphatic rings. The molecular formula is C20H24N4O3. The van der Waals surface area contributed by atoms with Gasteiger partial charge in [-0.2, -0.15) is 0 Å². The molecule has 2 amide bonds. The van der Waals surface area contributed by atoms with Crippen molar-refractivity contribution in [1.29, 1.82) is 0 Å². The number of aryl methyl sites for hydroxylation is 1. The van der Waals surface area contributed by atoms with E-state index in [1.807, 2.05) is 37.3 Å². The maximum atomic E-state index is 12.3. The summed E-state index contributed by atoms with van der Waals surface area (Å²) in [4.78, 5) is 12.3. The van der Waals surface area contributed by atoms with Crippen LogP contribution in [-0.4, -0.2) is 29.5 Å². The Morgan fingerprint density at radius 2 is 2.04 bits per heavy atom. The van der Waals surface area contributed by atoms with Gasteiger partial charge in [-0.05, 0) is 31.0 Å². The molecule has 3 aromatic rings. The number of urea groups is 1. The molecule has 0 radical (unpaired) electrons. The van der Waals surface area contributed by atoms with E-state index in [0.29, 0.717) is 24.5 Å². The highest BCUT2D eigenvalue weighted by molar-refractivity contribution is 5.91. The van der Waals surface area contributed by atoms with Gasteiger partial charge in [0, 0.05) is 19.5 Å². The number of amides is 2. The van der Waals surface area contributed by atoms with Gasteiger partial charge in [0.2, 0.25) is 0 Å². The molecule has 27 heavy (non-hydrogen) atoms. The van der Waals surface area contributed by atoms with Crippen LogP contribution in [0.4, 0.5) is 10.5 Å². The Hall–Kier alpha value is -3.22. The van der Waals surface area contributed by atoms with E-state index in [1.54, 1.807) is 18.0 Å². The van der Waals surface area contributed by atoms with Crippen LogP contribution < -0.4 is 15.4 Å². The summed E-state index contributed by atoms with van der Waals surface area (Å²) in [7, 11) is 3.33. The molecule has 3 rings (SSSR count). The number of hydrogen-bond donors (Lipinski definition) is 2. The molecule has 1 unspecified atom stereocenters. The fourth-order valence-electron chi connectivity index (χ4n) is 3.00. The minimum absolute atomic E-state index is 0.0798. The van der Waals surface area contributed by atoms with Gasteiger partial charge in [0.05, 0.1) is 19.1 Å². The van der Waals surface area contributed by atoms with Crippen molar-refractivity contribution < 1.29 is 13.9 Å². The minimum Gasteiger partial charge on any atom is -0.478 e. The third kappa shape index (κ3) is 4.31. The Morgan fingerprint density at radius 3 is 2.70 bits per heavy atom. The SMILES string of the molecule is COc1nn(C)c(C)c1NC(=O)NCCC(c1ccccc1)c1ccco1. The zero-order valence-electron chi connectivity index (χ0n) is 15.7. The predicted octanol–water partition coefficient (Wildman–Crippen LogP) is 3.67. The smallest absolute Gasteiger partial charge is 0.319 e. The number of nitrogens with one attached hydrogen (secondary N) is 2. The second kappa shape index (κ2) is 8.44. The topological polar surface area (TPSA) is 81.3 Å². The number of nitrogens with zero attached hydrogens (tertiary/aromatic N) is 2. The molecule has 0 saturated heterocycles. The number of carbonyl (C=O) groups is 1. The highest BCUT2D eigenvalue weighted by Gasteiger charge is 2.18. The molecule has 7 heteroatoms. The second-order valence-corrected chi connectivity index (χ2v) is 6.24. The average Bonchev–Trinajstić information content (AvgIpc) is 3.30. The van der Waals surface area contributed by atoms with E-state index in [4.69, 9.17) is 9.15 Å². The summed E-state index contributed by atoms with van der Waals surface area (Å²) in [6.45, 7) is 2.36. The summed E-state index contributed by atoms with van der Waals surface area (Å²) in [5.41, 5.74) is 2.54. The largest absolute Gasteiger partial charge is 0.478 e. The zero-order valence-corrected chi connectivity index (χ0v) is 15.7. The fraction of sp³-hybridized carbons (Fsp3) is 0.300. The molecule has 0 spiro atoms. The van der Waals surface area contributed by atoms with E-state index in [2.05, 4.69) is 27.9 Å². The molecule has 2 N–H and O–H groups in total. The van der Waals surface area contributed by atoms with E-state index in [-0.39, 0.29) is 11.9 Å². The third-order valence-corrected chi connectivity index (χ3v) is 4.54. The predicted molar refractivity (Wildman–Crippen MR) is 103 cm³/mol. The van der Waals surface area contributed by atoms with Crippen LogP contribution in [0, 0.1) is 6.92 Å². The van der Waals surface area contributed by atoms with E-state index < -0.39 is 0 Å². The van der Waals surface area contributed by atoms with Gasteiger partial charge in [0.25, 0.3) is 5.88 Å². The van der Waals surface area contributed by atoms with Crippen molar-refractivity contribution in [2.45, 2.75) is 19.3 Å². The van der Waals surface area contributed by atoms with Gasteiger partial charge >= 0.3 is 6.03 Å². The quantitative estimate of drug-likeness (QED) is 0.667. The summed E-state index contributed by atoms with van der Waals surface area (Å²) in [6, 6.07) is 13.7. The van der Waals surface area contributed by atoms with E-state index in [0.717, 1.165) is 17.0 Å². The Labute approximate surface area is 158 Å². The number of anilines is 1. The number of ether oxygens (including phenoxy) is 1. The minimum atomic E-state index is -0.296. The van der Waals surface area contributed by atoms with Gasteiger partial charge in [-0.1, -0.05) is 30.3 Å². The number of benzene rings is 1. The molecule has 0 aliphatic heterocycles. The maximum Gasteiger partial charge on any atom is 0.319 e. The number of methoxy groups -OCH3 is 1. The first-order chi connectivity index (χ1) is 13.1. The van der Waals surface area contributed by atoms with Gasteiger partial charge in [-0.25, -0.2) is 4.79 Å². The molecule has 0 aliphatic carbocycles. The van der Waals surface area contributed by atoms with Gasteiger partial charge in [-0.15, -0.1) is 5.10 Å². The van der Waals surface area contributed by atoms with Crippen LogP contribution in [-0.2, 0) is 7.05 Å². The molecule has 7 nitrogen and oxygen atoms in total. The van der Waals surface area contributed by atoms with Crippen LogP contribution in [0.15, 0.2) is 53.1 Å². The first-order valence-corrected chi connectivity index (χ1v) is 8.81. The normalized spacial score (nSPS) is 11.8. The molecule has 0 fully saturated rings. The van der Waals surface area contributed by atoms with E-state index in [1.165, 1.54) is 7.11 Å². The maximum absolute atomic E-state index is 12.3. The summed E-state index contributed by atoms with van der Waals surface area (Å²) in [6.07, 6.45) is 2.39. The molecule has 142 valence electrons. The van der Waals surface area contributed by atoms with Crippen molar-refractivity contribution >= 4 is 11.7 Å². The molecular weight excluding hydrogens is 344 g/mol. The Bertz CT molecular complexity index is 872. The zero-order chi connectivity index (χ0) is 19.2. The van der Waals surface area contributed by atoms with Crippen molar-refractivity contribution in [1.82, 2.24) is 15.1 Å². The standard InChI is InChI=1S/C20H24N4O3/c1-14-18(19(26-3)23-24(14)2)22-20(25)21-12-11-16(17-10-7-13-27-17)15-8-5-4-6-9-15/h4-10,13,16H,11-12H2,1-3H3,(H2,21,22,25). The van der Waals surface area contributed by atoms with Gasteiger partial charge in [0.15, 0.2) is 0 Å². The first-order valence-electron chi connectivity index (χ1n) is 8.81.